The smallest absolute Gasteiger partial charge is 0.321 e. The second-order valence-corrected chi connectivity index (χ2v) is 9.30. The number of ketones is 1. The molecular weight excluding hydrogens is 399 g/mol. The van der Waals surface area contributed by atoms with E-state index in [0.717, 1.165) is 12.0 Å². The van der Waals surface area contributed by atoms with Crippen LogP contribution in [0.25, 0.3) is 0 Å². The Morgan fingerprint density at radius 1 is 1.16 bits per heavy atom. The molecule has 0 spiro atoms. The van der Waals surface area contributed by atoms with E-state index in [1.807, 2.05) is 27.7 Å². The van der Waals surface area contributed by atoms with Gasteiger partial charge in [-0.3, -0.25) is 19.3 Å². The van der Waals surface area contributed by atoms with Crippen LogP contribution in [0.1, 0.15) is 58.9 Å². The standard InChI is InChI=1S/C24H33FN2O4/c1-15(2)27(16(3)4)22(29)13-24(23(30)31-5)20-11-10-19(12-21(24)28)26(20)14-17-6-8-18(25)9-7-17/h6-9,15-16,19-20H,10-14H2,1-5H3/t19-,20+,24-/m1/s1. The minimum atomic E-state index is -1.51. The van der Waals surface area contributed by atoms with Crippen LogP contribution in [0.2, 0.25) is 0 Å². The largest absolute Gasteiger partial charge is 0.468 e. The van der Waals surface area contributed by atoms with Gasteiger partial charge in [-0.25, -0.2) is 4.39 Å². The van der Waals surface area contributed by atoms with Gasteiger partial charge in [0.25, 0.3) is 0 Å². The molecule has 2 saturated heterocycles. The Bertz CT molecular complexity index is 830. The minimum Gasteiger partial charge on any atom is -0.468 e. The highest BCUT2D eigenvalue weighted by molar-refractivity contribution is 6.08. The van der Waals surface area contributed by atoms with Crippen LogP contribution in [-0.4, -0.2) is 58.7 Å². The molecule has 31 heavy (non-hydrogen) atoms. The molecule has 2 heterocycles. The third-order valence-electron chi connectivity index (χ3n) is 6.79. The van der Waals surface area contributed by atoms with Gasteiger partial charge >= 0.3 is 5.97 Å². The fourth-order valence-corrected chi connectivity index (χ4v) is 5.53. The van der Waals surface area contributed by atoms with E-state index >= 15 is 0 Å². The lowest BCUT2D eigenvalue weighted by molar-refractivity contribution is -0.171. The van der Waals surface area contributed by atoms with Gasteiger partial charge in [0.05, 0.1) is 13.5 Å². The molecule has 2 bridgehead atoms. The summed E-state index contributed by atoms with van der Waals surface area (Å²) in [5.74, 6) is -1.36. The van der Waals surface area contributed by atoms with Crippen molar-refractivity contribution in [3.63, 3.8) is 0 Å². The number of hydrogen-bond donors (Lipinski definition) is 0. The van der Waals surface area contributed by atoms with Crippen LogP contribution >= 0.6 is 0 Å². The third-order valence-corrected chi connectivity index (χ3v) is 6.79. The molecule has 0 unspecified atom stereocenters. The molecule has 1 aromatic carbocycles. The molecule has 3 rings (SSSR count). The van der Waals surface area contributed by atoms with E-state index in [1.165, 1.54) is 19.2 Å². The maximum atomic E-state index is 13.4. The number of esters is 1. The van der Waals surface area contributed by atoms with E-state index in [0.29, 0.717) is 13.0 Å². The Kier molecular flexibility index (Phi) is 6.84. The Morgan fingerprint density at radius 3 is 2.32 bits per heavy atom. The molecule has 170 valence electrons. The lowest BCUT2D eigenvalue weighted by Gasteiger charge is -2.46. The Balaban J connectivity index is 1.97. The van der Waals surface area contributed by atoms with Crippen molar-refractivity contribution in [1.29, 1.82) is 0 Å². The number of hydrogen-bond acceptors (Lipinski definition) is 5. The van der Waals surface area contributed by atoms with E-state index < -0.39 is 17.4 Å². The monoisotopic (exact) mass is 432 g/mol. The van der Waals surface area contributed by atoms with Crippen LogP contribution in [0.5, 0.6) is 0 Å². The number of Topliss-reactive ketones (excluding diaryl/α,β-unsaturated/α-hetero) is 1. The summed E-state index contributed by atoms with van der Waals surface area (Å²) < 4.78 is 18.5. The van der Waals surface area contributed by atoms with E-state index in [2.05, 4.69) is 4.90 Å². The zero-order valence-corrected chi connectivity index (χ0v) is 19.1. The third kappa shape index (κ3) is 4.25. The topological polar surface area (TPSA) is 66.9 Å². The summed E-state index contributed by atoms with van der Waals surface area (Å²) in [4.78, 5) is 43.7. The fourth-order valence-electron chi connectivity index (χ4n) is 5.53. The van der Waals surface area contributed by atoms with Gasteiger partial charge in [-0.1, -0.05) is 12.1 Å². The van der Waals surface area contributed by atoms with E-state index in [4.69, 9.17) is 4.74 Å². The first-order valence-electron chi connectivity index (χ1n) is 11.0. The van der Waals surface area contributed by atoms with Crippen LogP contribution in [0.3, 0.4) is 0 Å². The van der Waals surface area contributed by atoms with Crippen LogP contribution in [0.4, 0.5) is 4.39 Å². The molecule has 7 heteroatoms. The van der Waals surface area contributed by atoms with Crippen molar-refractivity contribution in [3.8, 4) is 0 Å². The lowest BCUT2D eigenvalue weighted by atomic mass is 9.69. The fraction of sp³-hybridized carbons (Fsp3) is 0.625. The Hall–Kier alpha value is -2.28. The van der Waals surface area contributed by atoms with Gasteiger partial charge in [0.15, 0.2) is 11.2 Å². The zero-order valence-electron chi connectivity index (χ0n) is 19.1. The first kappa shape index (κ1) is 23.4. The number of carbonyl (C=O) groups excluding carboxylic acids is 3. The van der Waals surface area contributed by atoms with Crippen LogP contribution in [0.15, 0.2) is 24.3 Å². The van der Waals surface area contributed by atoms with Crippen molar-refractivity contribution in [2.45, 2.75) is 84.1 Å². The summed E-state index contributed by atoms with van der Waals surface area (Å²) >= 11 is 0. The first-order chi connectivity index (χ1) is 14.6. The summed E-state index contributed by atoms with van der Waals surface area (Å²) in [6, 6.07) is 5.76. The van der Waals surface area contributed by atoms with E-state index in [9.17, 15) is 18.8 Å². The molecule has 0 saturated carbocycles. The highest BCUT2D eigenvalue weighted by Gasteiger charge is 2.62. The van der Waals surface area contributed by atoms with Crippen molar-refractivity contribution in [3.05, 3.63) is 35.6 Å². The van der Waals surface area contributed by atoms with E-state index in [-0.39, 0.29) is 48.5 Å². The summed E-state index contributed by atoms with van der Waals surface area (Å²) in [6.07, 6.45) is 1.45. The van der Waals surface area contributed by atoms with Gasteiger partial charge in [-0.15, -0.1) is 0 Å². The number of fused-ring (bicyclic) bond motifs is 2. The highest BCUT2D eigenvalue weighted by Crippen LogP contribution is 2.48. The lowest BCUT2D eigenvalue weighted by Crippen LogP contribution is -2.62. The average Bonchev–Trinajstić information content (AvgIpc) is 3.01. The van der Waals surface area contributed by atoms with Crippen molar-refractivity contribution < 1.29 is 23.5 Å². The Morgan fingerprint density at radius 2 is 1.77 bits per heavy atom. The quantitative estimate of drug-likeness (QED) is 0.488. The molecule has 3 atom stereocenters. The average molecular weight is 433 g/mol. The maximum Gasteiger partial charge on any atom is 0.321 e. The van der Waals surface area contributed by atoms with Gasteiger partial charge in [0, 0.05) is 37.1 Å². The SMILES string of the molecule is COC(=O)[C@@]1(CC(=O)N(C(C)C)C(C)C)C(=O)C[C@H]2CC[C@@H]1N2Cc1ccc(F)cc1. The Labute approximate surface area is 183 Å². The molecule has 0 radical (unpaired) electrons. The van der Waals surface area contributed by atoms with Gasteiger partial charge < -0.3 is 9.64 Å². The minimum absolute atomic E-state index is 0.0155. The predicted molar refractivity (Wildman–Crippen MR) is 115 cm³/mol. The number of ether oxygens (including phenoxy) is 1. The van der Waals surface area contributed by atoms with Crippen LogP contribution in [0, 0.1) is 11.2 Å². The predicted octanol–water partition coefficient (Wildman–Crippen LogP) is 3.33. The molecule has 2 aliphatic heterocycles. The summed E-state index contributed by atoms with van der Waals surface area (Å²) in [7, 11) is 1.27. The van der Waals surface area contributed by atoms with Gasteiger partial charge in [-0.05, 0) is 58.2 Å². The summed E-state index contributed by atoms with van der Waals surface area (Å²) in [5, 5.41) is 0. The van der Waals surface area contributed by atoms with Gasteiger partial charge in [0.2, 0.25) is 5.91 Å². The number of carbonyl (C=O) groups is 3. The van der Waals surface area contributed by atoms with E-state index in [1.54, 1.807) is 17.0 Å². The first-order valence-corrected chi connectivity index (χ1v) is 11.0. The normalized spacial score (nSPS) is 25.9. The zero-order chi connectivity index (χ0) is 22.9. The summed E-state index contributed by atoms with van der Waals surface area (Å²) in [5.41, 5.74) is -0.607. The number of methoxy groups -OCH3 is 1. The molecule has 6 nitrogen and oxygen atoms in total. The second kappa shape index (κ2) is 9.07. The van der Waals surface area contributed by atoms with Crippen molar-refractivity contribution in [2.24, 2.45) is 5.41 Å². The number of rotatable bonds is 7. The summed E-state index contributed by atoms with van der Waals surface area (Å²) in [6.45, 7) is 8.21. The number of halogens is 1. The molecule has 2 aliphatic rings. The maximum absolute atomic E-state index is 13.4. The van der Waals surface area contributed by atoms with Crippen LogP contribution < -0.4 is 0 Å². The number of piperidine rings is 1. The van der Waals surface area contributed by atoms with Crippen molar-refractivity contribution >= 4 is 17.7 Å². The molecule has 0 aromatic heterocycles. The van der Waals surface area contributed by atoms with Crippen LogP contribution in [-0.2, 0) is 25.7 Å². The molecule has 2 fully saturated rings. The molecule has 0 N–H and O–H groups in total. The second-order valence-electron chi connectivity index (χ2n) is 9.30. The number of nitrogens with zero attached hydrogens (tertiary/aromatic N) is 2. The molecular formula is C24H33FN2O4. The molecule has 1 amide bonds. The molecule has 1 aromatic rings. The number of amides is 1. The highest BCUT2D eigenvalue weighted by atomic mass is 19.1. The van der Waals surface area contributed by atoms with Crippen molar-refractivity contribution in [1.82, 2.24) is 9.80 Å². The van der Waals surface area contributed by atoms with Crippen molar-refractivity contribution in [2.75, 3.05) is 7.11 Å². The van der Waals surface area contributed by atoms with Gasteiger partial charge in [-0.2, -0.15) is 0 Å². The van der Waals surface area contributed by atoms with Gasteiger partial charge in [0.1, 0.15) is 5.82 Å². The number of benzene rings is 1. The molecule has 0 aliphatic carbocycles.